The van der Waals surface area contributed by atoms with Crippen LogP contribution in [-0.2, 0) is 28.9 Å². The number of sulfone groups is 1. The zero-order valence-electron chi connectivity index (χ0n) is 39.6. The van der Waals surface area contributed by atoms with Crippen LogP contribution in [0, 0.1) is 12.8 Å². The summed E-state index contributed by atoms with van der Waals surface area (Å²) < 4.78 is 115. The number of thioether (sulfide) groups is 1. The van der Waals surface area contributed by atoms with Crippen molar-refractivity contribution in [3.63, 3.8) is 0 Å². The Kier molecular flexibility index (Phi) is 17.7. The van der Waals surface area contributed by atoms with E-state index in [1.807, 2.05) is 90.0 Å². The van der Waals surface area contributed by atoms with Gasteiger partial charge in [-0.3, -0.25) is 4.52 Å². The first-order chi connectivity index (χ1) is 33.9. The molecule has 72 heavy (non-hydrogen) atoms. The maximum atomic E-state index is 14.4. The number of carbonyl (C=O) groups is 1. The third-order valence-electron chi connectivity index (χ3n) is 12.7. The highest BCUT2D eigenvalue weighted by molar-refractivity contribution is 7.99. The van der Waals surface area contributed by atoms with Crippen LogP contribution in [0.2, 0.25) is 5.02 Å². The first-order valence-electron chi connectivity index (χ1n) is 23.1. The van der Waals surface area contributed by atoms with Gasteiger partial charge in [-0.15, -0.1) is 16.6 Å². The van der Waals surface area contributed by atoms with E-state index in [0.717, 1.165) is 28.3 Å². The number of alkyl halides is 3. The van der Waals surface area contributed by atoms with Gasteiger partial charge in [0.05, 0.1) is 28.4 Å². The SMILES string of the molecule is Cc1c(C(=O)O)c(-c2cccc(N3CCN(NS(=O)(=O)c4ccc(NC(CCN5CCC(COP(=O)(O)O)CC5)CSc5ccccc5)c(S(=O)(=O)C(F)(F)F)c4)CC3)c2)c(-c2ccc(Cl)cc2)n1C(C)C. The van der Waals surface area contributed by atoms with E-state index in [-0.39, 0.29) is 50.3 Å². The Morgan fingerprint density at radius 2 is 1.56 bits per heavy atom. The number of piperidine rings is 1. The average molecular weight is 1100 g/mol. The number of rotatable bonds is 20. The minimum absolute atomic E-state index is 0.0737. The van der Waals surface area contributed by atoms with Gasteiger partial charge in [0, 0.05) is 77.4 Å². The molecule has 0 aliphatic carbocycles. The summed E-state index contributed by atoms with van der Waals surface area (Å²) in [5.41, 5.74) is -2.03. The Morgan fingerprint density at radius 1 is 0.889 bits per heavy atom. The van der Waals surface area contributed by atoms with Crippen LogP contribution in [0.1, 0.15) is 55.2 Å². The number of sulfonamides is 1. The molecule has 2 fully saturated rings. The van der Waals surface area contributed by atoms with Gasteiger partial charge in [0.2, 0.25) is 0 Å². The summed E-state index contributed by atoms with van der Waals surface area (Å²) in [5.74, 6) is -0.855. The summed E-state index contributed by atoms with van der Waals surface area (Å²) in [4.78, 5) is 36.5. The van der Waals surface area contributed by atoms with Crippen molar-refractivity contribution in [2.75, 3.05) is 68.4 Å². The van der Waals surface area contributed by atoms with Gasteiger partial charge < -0.3 is 34.6 Å². The van der Waals surface area contributed by atoms with E-state index >= 15 is 0 Å². The molecule has 390 valence electrons. The number of nitrogens with zero attached hydrogens (tertiary/aromatic N) is 4. The van der Waals surface area contributed by atoms with Gasteiger partial charge in [-0.25, -0.2) is 31.2 Å². The number of hydrogen-bond acceptors (Lipinski definition) is 12. The van der Waals surface area contributed by atoms with E-state index < -0.39 is 60.7 Å². The summed E-state index contributed by atoms with van der Waals surface area (Å²) >= 11 is 7.64. The molecule has 2 aliphatic rings. The van der Waals surface area contributed by atoms with Gasteiger partial charge in [-0.05, 0) is 125 Å². The van der Waals surface area contributed by atoms with E-state index in [1.54, 1.807) is 19.1 Å². The summed E-state index contributed by atoms with van der Waals surface area (Å²) in [6, 6.07) is 25.7. The Morgan fingerprint density at radius 3 is 2.17 bits per heavy atom. The molecular weight excluding hydrogens is 1040 g/mol. The Hall–Kier alpha value is -4.45. The number of halogens is 4. The van der Waals surface area contributed by atoms with E-state index in [0.29, 0.717) is 78.3 Å². The average Bonchev–Trinajstić information content (AvgIpc) is 3.65. The van der Waals surface area contributed by atoms with Crippen LogP contribution in [0.5, 0.6) is 0 Å². The third kappa shape index (κ3) is 13.4. The monoisotopic (exact) mass is 1100 g/mol. The Bertz CT molecular complexity index is 2990. The van der Waals surface area contributed by atoms with Crippen LogP contribution >= 0.6 is 31.2 Å². The van der Waals surface area contributed by atoms with Crippen molar-refractivity contribution in [2.45, 2.75) is 72.3 Å². The van der Waals surface area contributed by atoms with Crippen molar-refractivity contribution in [1.82, 2.24) is 19.3 Å². The lowest BCUT2D eigenvalue weighted by Gasteiger charge is -2.36. The highest BCUT2D eigenvalue weighted by atomic mass is 35.5. The normalized spacial score (nSPS) is 16.3. The van der Waals surface area contributed by atoms with Crippen LogP contribution in [-0.4, -0.2) is 122 Å². The summed E-state index contributed by atoms with van der Waals surface area (Å²) in [6.07, 6.45) is 1.54. The standard InChI is InChI=1S/C48H57ClF3N6O10PS3/c1-32(2)58-33(3)44(47(59)60)45(46(58)35-12-14-37(49)15-13-35)36-8-7-9-39(28-36)56-24-26-57(27-25-56)54-72(66,67)41-16-17-42(43(29-41)71(64,65)48(50,51)52)53-38(31-70-40-10-5-4-6-11-40)20-23-55-21-18-34(19-22-55)30-68-69(61,62)63/h4-17,28-29,32,34,38,53-54H,18-27,30-31H2,1-3H3,(H,59,60)(H2,61,62,63). The van der Waals surface area contributed by atoms with Gasteiger partial charge in [0.25, 0.3) is 19.9 Å². The highest BCUT2D eigenvalue weighted by Crippen LogP contribution is 2.43. The second kappa shape index (κ2) is 23.0. The largest absolute Gasteiger partial charge is 0.501 e. The molecule has 0 radical (unpaired) electrons. The first kappa shape index (κ1) is 55.3. The molecule has 5 N–H and O–H groups in total. The number of piperazine rings is 1. The van der Waals surface area contributed by atoms with E-state index in [2.05, 4.69) is 19.6 Å². The molecule has 1 atom stereocenters. The molecule has 0 amide bonds. The fraction of sp³-hybridized carbons (Fsp3) is 0.396. The number of anilines is 2. The number of carboxylic acid groups (broad SMARTS) is 1. The Balaban J connectivity index is 1.08. The summed E-state index contributed by atoms with van der Waals surface area (Å²) in [6.45, 7) is 8.04. The predicted octanol–water partition coefficient (Wildman–Crippen LogP) is 9.16. The number of carboxylic acids is 1. The van der Waals surface area contributed by atoms with Gasteiger partial charge in [0.15, 0.2) is 0 Å². The van der Waals surface area contributed by atoms with Crippen molar-refractivity contribution in [3.05, 3.63) is 113 Å². The molecule has 2 aliphatic heterocycles. The smallest absolute Gasteiger partial charge is 0.478 e. The maximum absolute atomic E-state index is 14.4. The fourth-order valence-electron chi connectivity index (χ4n) is 9.11. The molecule has 0 bridgehead atoms. The van der Waals surface area contributed by atoms with Gasteiger partial charge in [0.1, 0.15) is 4.90 Å². The molecule has 0 saturated carbocycles. The first-order valence-corrected chi connectivity index (χ1v) is 29.0. The van der Waals surface area contributed by atoms with Crippen molar-refractivity contribution in [1.29, 1.82) is 0 Å². The summed E-state index contributed by atoms with van der Waals surface area (Å²) in [5, 5.41) is 15.4. The number of nitrogens with one attached hydrogen (secondary N) is 2. The molecule has 0 spiro atoms. The van der Waals surface area contributed by atoms with Crippen LogP contribution in [0.25, 0.3) is 22.4 Å². The lowest BCUT2D eigenvalue weighted by molar-refractivity contribution is -0.0436. The number of aromatic nitrogens is 1. The minimum atomic E-state index is -6.09. The molecule has 5 aromatic rings. The molecule has 24 heteroatoms. The lowest BCUT2D eigenvalue weighted by atomic mass is 9.96. The second-order valence-corrected chi connectivity index (χ2v) is 24.4. The van der Waals surface area contributed by atoms with Crippen LogP contribution in [0.15, 0.2) is 112 Å². The van der Waals surface area contributed by atoms with Crippen molar-refractivity contribution in [3.8, 4) is 22.4 Å². The molecule has 1 aromatic heterocycles. The van der Waals surface area contributed by atoms with E-state index in [4.69, 9.17) is 21.4 Å². The minimum Gasteiger partial charge on any atom is -0.478 e. The molecular formula is C48H57ClF3N6O10PS3. The number of benzene rings is 4. The molecule has 1 unspecified atom stereocenters. The predicted molar refractivity (Wildman–Crippen MR) is 273 cm³/mol. The number of aromatic carboxylic acids is 1. The Labute approximate surface area is 426 Å². The molecule has 4 aromatic carbocycles. The van der Waals surface area contributed by atoms with Crippen molar-refractivity contribution in [2.24, 2.45) is 5.92 Å². The van der Waals surface area contributed by atoms with E-state index in [1.165, 1.54) is 16.8 Å². The van der Waals surface area contributed by atoms with Gasteiger partial charge >= 0.3 is 19.3 Å². The number of phosphoric acid groups is 1. The quantitative estimate of drug-likeness (QED) is 0.0363. The zero-order valence-corrected chi connectivity index (χ0v) is 43.7. The highest BCUT2D eigenvalue weighted by Gasteiger charge is 2.48. The lowest BCUT2D eigenvalue weighted by Crippen LogP contribution is -2.53. The second-order valence-electron chi connectivity index (χ2n) is 18.0. The zero-order chi connectivity index (χ0) is 52.2. The molecule has 16 nitrogen and oxygen atoms in total. The van der Waals surface area contributed by atoms with E-state index in [9.17, 15) is 44.5 Å². The van der Waals surface area contributed by atoms with Crippen LogP contribution in [0.4, 0.5) is 24.5 Å². The maximum Gasteiger partial charge on any atom is 0.501 e. The molecule has 7 rings (SSSR count). The van der Waals surface area contributed by atoms with Gasteiger partial charge in [-0.1, -0.05) is 54.1 Å². The number of hydrazine groups is 1. The fourth-order valence-corrected chi connectivity index (χ4v) is 12.8. The van der Waals surface area contributed by atoms with Crippen molar-refractivity contribution >= 4 is 68.4 Å². The number of likely N-dealkylation sites (tertiary alicyclic amines) is 1. The van der Waals surface area contributed by atoms with Crippen molar-refractivity contribution < 1.29 is 58.8 Å². The number of phosphoric ester groups is 1. The van der Waals surface area contributed by atoms with Crippen LogP contribution < -0.4 is 15.0 Å². The molecule has 3 heterocycles. The summed E-state index contributed by atoms with van der Waals surface area (Å²) in [7, 11) is -15.3. The molecule has 2 saturated heterocycles. The third-order valence-corrected chi connectivity index (χ3v) is 17.5. The van der Waals surface area contributed by atoms with Gasteiger partial charge in [-0.2, -0.15) is 13.2 Å². The number of hydrogen-bond donors (Lipinski definition) is 5. The van der Waals surface area contributed by atoms with Crippen LogP contribution in [0.3, 0.4) is 0 Å². The topological polar surface area (TPSA) is 211 Å².